The molecule has 1 aliphatic heterocycles. The van der Waals surface area contributed by atoms with Gasteiger partial charge in [0.05, 0.1) is 0 Å². The first-order valence-corrected chi connectivity index (χ1v) is 5.54. The van der Waals surface area contributed by atoms with Crippen molar-refractivity contribution in [2.45, 2.75) is 25.7 Å². The lowest BCUT2D eigenvalue weighted by molar-refractivity contribution is 0.0836. The van der Waals surface area contributed by atoms with E-state index < -0.39 is 0 Å². The van der Waals surface area contributed by atoms with Crippen LogP contribution < -0.4 is 5.32 Å². The standard InChI is InChI=1S/C11H17N3O/c1-2-12-10-3-6-13-11(14-10)9-4-7-15-8-5-9/h3,6,9H,2,4-5,7-8H2,1H3,(H,12,13,14). The SMILES string of the molecule is CCNc1ccnc(C2CCOCC2)n1. The number of hydrogen-bond acceptors (Lipinski definition) is 4. The molecular weight excluding hydrogens is 190 g/mol. The summed E-state index contributed by atoms with van der Waals surface area (Å²) < 4.78 is 5.33. The first-order valence-electron chi connectivity index (χ1n) is 5.54. The van der Waals surface area contributed by atoms with E-state index in [0.717, 1.165) is 44.2 Å². The highest BCUT2D eigenvalue weighted by Crippen LogP contribution is 2.24. The molecular formula is C11H17N3O. The van der Waals surface area contributed by atoms with E-state index in [1.807, 2.05) is 12.3 Å². The zero-order valence-corrected chi connectivity index (χ0v) is 9.07. The maximum Gasteiger partial charge on any atom is 0.133 e. The Labute approximate surface area is 90.1 Å². The summed E-state index contributed by atoms with van der Waals surface area (Å²) in [4.78, 5) is 8.85. The molecule has 0 amide bonds. The van der Waals surface area contributed by atoms with Gasteiger partial charge >= 0.3 is 0 Å². The van der Waals surface area contributed by atoms with E-state index in [0.29, 0.717) is 5.92 Å². The third-order valence-electron chi connectivity index (χ3n) is 2.62. The summed E-state index contributed by atoms with van der Waals surface area (Å²) in [6.45, 7) is 4.62. The van der Waals surface area contributed by atoms with Crippen molar-refractivity contribution in [2.75, 3.05) is 25.1 Å². The van der Waals surface area contributed by atoms with Crippen molar-refractivity contribution in [1.82, 2.24) is 9.97 Å². The first kappa shape index (κ1) is 10.4. The lowest BCUT2D eigenvalue weighted by Crippen LogP contribution is -2.16. The minimum absolute atomic E-state index is 0.470. The number of anilines is 1. The van der Waals surface area contributed by atoms with Crippen molar-refractivity contribution in [3.8, 4) is 0 Å². The average Bonchev–Trinajstić information content (AvgIpc) is 2.31. The molecule has 0 bridgehead atoms. The topological polar surface area (TPSA) is 47.0 Å². The van der Waals surface area contributed by atoms with Crippen LogP contribution in [0.2, 0.25) is 0 Å². The van der Waals surface area contributed by atoms with Crippen LogP contribution in [-0.4, -0.2) is 29.7 Å². The molecule has 1 N–H and O–H groups in total. The molecule has 0 atom stereocenters. The lowest BCUT2D eigenvalue weighted by Gasteiger charge is -2.20. The molecule has 1 aliphatic rings. The maximum atomic E-state index is 5.33. The van der Waals surface area contributed by atoms with Crippen LogP contribution in [0.1, 0.15) is 31.5 Å². The lowest BCUT2D eigenvalue weighted by atomic mass is 9.99. The molecule has 0 spiro atoms. The molecule has 0 saturated carbocycles. The summed E-state index contributed by atoms with van der Waals surface area (Å²) in [7, 11) is 0. The second-order valence-corrected chi connectivity index (χ2v) is 3.72. The Bertz CT molecular complexity index is 310. The van der Waals surface area contributed by atoms with Crippen molar-refractivity contribution in [3.63, 3.8) is 0 Å². The van der Waals surface area contributed by atoms with Crippen LogP contribution in [0.5, 0.6) is 0 Å². The Morgan fingerprint density at radius 1 is 1.47 bits per heavy atom. The average molecular weight is 207 g/mol. The molecule has 0 aromatic carbocycles. The monoisotopic (exact) mass is 207 g/mol. The molecule has 0 radical (unpaired) electrons. The molecule has 1 aromatic rings. The normalized spacial score (nSPS) is 17.7. The van der Waals surface area contributed by atoms with Gasteiger partial charge in [-0.15, -0.1) is 0 Å². The van der Waals surface area contributed by atoms with Crippen LogP contribution in [0.4, 0.5) is 5.82 Å². The molecule has 2 heterocycles. The molecule has 15 heavy (non-hydrogen) atoms. The number of nitrogens with one attached hydrogen (secondary N) is 1. The van der Waals surface area contributed by atoms with Gasteiger partial charge in [0.1, 0.15) is 11.6 Å². The Morgan fingerprint density at radius 3 is 3.00 bits per heavy atom. The predicted molar refractivity (Wildman–Crippen MR) is 59.0 cm³/mol. The van der Waals surface area contributed by atoms with Crippen molar-refractivity contribution in [2.24, 2.45) is 0 Å². The molecule has 4 heteroatoms. The molecule has 1 fully saturated rings. The number of nitrogens with zero attached hydrogens (tertiary/aromatic N) is 2. The highest BCUT2D eigenvalue weighted by molar-refractivity contribution is 5.33. The summed E-state index contributed by atoms with van der Waals surface area (Å²) in [5.41, 5.74) is 0. The summed E-state index contributed by atoms with van der Waals surface area (Å²) in [5.74, 6) is 2.35. The number of ether oxygens (including phenoxy) is 1. The second-order valence-electron chi connectivity index (χ2n) is 3.72. The highest BCUT2D eigenvalue weighted by Gasteiger charge is 2.18. The third kappa shape index (κ3) is 2.65. The predicted octanol–water partition coefficient (Wildman–Crippen LogP) is 1.80. The molecule has 2 rings (SSSR count). The Balaban J connectivity index is 2.09. The van der Waals surface area contributed by atoms with Crippen molar-refractivity contribution in [3.05, 3.63) is 18.1 Å². The minimum atomic E-state index is 0.470. The van der Waals surface area contributed by atoms with Crippen LogP contribution >= 0.6 is 0 Å². The largest absolute Gasteiger partial charge is 0.381 e. The van der Waals surface area contributed by atoms with Crippen LogP contribution in [0.25, 0.3) is 0 Å². The van der Waals surface area contributed by atoms with Crippen molar-refractivity contribution >= 4 is 5.82 Å². The summed E-state index contributed by atoms with van der Waals surface area (Å²) in [5, 5.41) is 3.20. The maximum absolute atomic E-state index is 5.33. The number of aromatic nitrogens is 2. The van der Waals surface area contributed by atoms with Gasteiger partial charge in [-0.05, 0) is 25.8 Å². The number of hydrogen-bond donors (Lipinski definition) is 1. The summed E-state index contributed by atoms with van der Waals surface area (Å²) in [6, 6.07) is 1.91. The summed E-state index contributed by atoms with van der Waals surface area (Å²) in [6.07, 6.45) is 3.90. The summed E-state index contributed by atoms with van der Waals surface area (Å²) >= 11 is 0. The quantitative estimate of drug-likeness (QED) is 0.821. The van der Waals surface area contributed by atoms with E-state index in [4.69, 9.17) is 4.74 Å². The highest BCUT2D eigenvalue weighted by atomic mass is 16.5. The molecule has 1 aromatic heterocycles. The van der Waals surface area contributed by atoms with Gasteiger partial charge in [-0.2, -0.15) is 0 Å². The van der Waals surface area contributed by atoms with Crippen LogP contribution in [-0.2, 0) is 4.74 Å². The number of rotatable bonds is 3. The fourth-order valence-corrected chi connectivity index (χ4v) is 1.81. The fraction of sp³-hybridized carbons (Fsp3) is 0.636. The van der Waals surface area contributed by atoms with Crippen molar-refractivity contribution < 1.29 is 4.74 Å². The smallest absolute Gasteiger partial charge is 0.133 e. The molecule has 82 valence electrons. The minimum Gasteiger partial charge on any atom is -0.381 e. The zero-order chi connectivity index (χ0) is 10.5. The van der Waals surface area contributed by atoms with Gasteiger partial charge < -0.3 is 10.1 Å². The van der Waals surface area contributed by atoms with E-state index in [-0.39, 0.29) is 0 Å². The van der Waals surface area contributed by atoms with Gasteiger partial charge in [0.25, 0.3) is 0 Å². The van der Waals surface area contributed by atoms with E-state index in [1.165, 1.54) is 0 Å². The van der Waals surface area contributed by atoms with Gasteiger partial charge in [0, 0.05) is 31.9 Å². The second kappa shape index (κ2) is 5.07. The Kier molecular flexibility index (Phi) is 3.50. The van der Waals surface area contributed by atoms with Gasteiger partial charge in [-0.25, -0.2) is 9.97 Å². The molecule has 0 unspecified atom stereocenters. The van der Waals surface area contributed by atoms with E-state index >= 15 is 0 Å². The van der Waals surface area contributed by atoms with Gasteiger partial charge in [-0.3, -0.25) is 0 Å². The molecule has 0 aliphatic carbocycles. The van der Waals surface area contributed by atoms with Crippen LogP contribution in [0.15, 0.2) is 12.3 Å². The van der Waals surface area contributed by atoms with Gasteiger partial charge in [-0.1, -0.05) is 0 Å². The third-order valence-corrected chi connectivity index (χ3v) is 2.62. The van der Waals surface area contributed by atoms with Gasteiger partial charge in [0.15, 0.2) is 0 Å². The first-order chi connectivity index (χ1) is 7.40. The van der Waals surface area contributed by atoms with E-state index in [1.54, 1.807) is 0 Å². The zero-order valence-electron chi connectivity index (χ0n) is 9.07. The Hall–Kier alpha value is -1.16. The Morgan fingerprint density at radius 2 is 2.27 bits per heavy atom. The van der Waals surface area contributed by atoms with Gasteiger partial charge in [0.2, 0.25) is 0 Å². The van der Waals surface area contributed by atoms with Crippen LogP contribution in [0.3, 0.4) is 0 Å². The van der Waals surface area contributed by atoms with E-state index in [2.05, 4.69) is 22.2 Å². The molecule has 4 nitrogen and oxygen atoms in total. The molecule has 1 saturated heterocycles. The van der Waals surface area contributed by atoms with Crippen LogP contribution in [0, 0.1) is 0 Å². The van der Waals surface area contributed by atoms with Crippen molar-refractivity contribution in [1.29, 1.82) is 0 Å². The fourth-order valence-electron chi connectivity index (χ4n) is 1.81. The van der Waals surface area contributed by atoms with E-state index in [9.17, 15) is 0 Å².